The van der Waals surface area contributed by atoms with Gasteiger partial charge in [-0.1, -0.05) is 60.7 Å². The number of para-hydroxylation sites is 1. The highest BCUT2D eigenvalue weighted by Gasteiger charge is 2.20. The largest absolute Gasteiger partial charge is 0.489 e. The van der Waals surface area contributed by atoms with E-state index in [9.17, 15) is 4.79 Å². The van der Waals surface area contributed by atoms with Crippen molar-refractivity contribution in [2.45, 2.75) is 26.0 Å². The van der Waals surface area contributed by atoms with Crippen molar-refractivity contribution in [2.75, 3.05) is 11.9 Å². The topological polar surface area (TPSA) is 47.6 Å². The Morgan fingerprint density at radius 1 is 0.857 bits per heavy atom. The predicted molar refractivity (Wildman–Crippen MR) is 111 cm³/mol. The van der Waals surface area contributed by atoms with E-state index in [0.717, 1.165) is 22.6 Å². The van der Waals surface area contributed by atoms with Crippen LogP contribution in [-0.4, -0.2) is 18.6 Å². The molecule has 0 heterocycles. The highest BCUT2D eigenvalue weighted by molar-refractivity contribution is 5.79. The Balaban J connectivity index is 1.62. The molecule has 0 saturated heterocycles. The first kappa shape index (κ1) is 19.5. The van der Waals surface area contributed by atoms with Gasteiger partial charge in [-0.25, -0.2) is 4.79 Å². The monoisotopic (exact) mass is 375 g/mol. The lowest BCUT2D eigenvalue weighted by Gasteiger charge is -2.18. The molecule has 1 unspecified atom stereocenters. The first-order chi connectivity index (χ1) is 13.7. The van der Waals surface area contributed by atoms with Crippen molar-refractivity contribution >= 4 is 11.7 Å². The molecule has 4 heteroatoms. The molecule has 144 valence electrons. The summed E-state index contributed by atoms with van der Waals surface area (Å²) < 4.78 is 11.1. The predicted octanol–water partition coefficient (Wildman–Crippen LogP) is 4.85. The highest BCUT2D eigenvalue weighted by atomic mass is 16.5. The van der Waals surface area contributed by atoms with Gasteiger partial charge in [0, 0.05) is 12.1 Å². The molecule has 0 amide bonds. The van der Waals surface area contributed by atoms with Gasteiger partial charge in [-0.2, -0.15) is 0 Å². The Morgan fingerprint density at radius 3 is 2.14 bits per heavy atom. The van der Waals surface area contributed by atoms with Crippen LogP contribution < -0.4 is 10.1 Å². The molecule has 0 aliphatic heterocycles. The van der Waals surface area contributed by atoms with Crippen LogP contribution in [0.5, 0.6) is 5.75 Å². The van der Waals surface area contributed by atoms with E-state index in [0.29, 0.717) is 19.6 Å². The zero-order chi connectivity index (χ0) is 19.6. The summed E-state index contributed by atoms with van der Waals surface area (Å²) in [5, 5.41) is 3.27. The highest BCUT2D eigenvalue weighted by Crippen LogP contribution is 2.17. The summed E-state index contributed by atoms with van der Waals surface area (Å²) in [6.07, 6.45) is 0.534. The van der Waals surface area contributed by atoms with Crippen LogP contribution in [0.4, 0.5) is 5.69 Å². The molecule has 0 aliphatic carbocycles. The van der Waals surface area contributed by atoms with E-state index in [4.69, 9.17) is 9.47 Å². The molecule has 0 saturated carbocycles. The molecule has 1 N–H and O–H groups in total. The third-order valence-electron chi connectivity index (χ3n) is 4.30. The van der Waals surface area contributed by atoms with E-state index in [1.165, 1.54) is 0 Å². The molecular weight excluding hydrogens is 350 g/mol. The maximum atomic E-state index is 12.4. The quantitative estimate of drug-likeness (QED) is 0.543. The number of ether oxygens (including phenoxy) is 2. The smallest absolute Gasteiger partial charge is 0.328 e. The minimum atomic E-state index is -0.446. The normalized spacial score (nSPS) is 11.5. The zero-order valence-corrected chi connectivity index (χ0v) is 16.0. The molecule has 3 rings (SSSR count). The summed E-state index contributed by atoms with van der Waals surface area (Å²) in [6, 6.07) is 27.1. The Morgan fingerprint density at radius 2 is 1.50 bits per heavy atom. The Labute approximate surface area is 166 Å². The Kier molecular flexibility index (Phi) is 7.08. The average Bonchev–Trinajstić information content (AvgIpc) is 2.74. The summed E-state index contributed by atoms with van der Waals surface area (Å²) in [5.41, 5.74) is 3.05. The third kappa shape index (κ3) is 5.88. The van der Waals surface area contributed by atoms with Crippen molar-refractivity contribution in [3.8, 4) is 5.75 Å². The lowest BCUT2D eigenvalue weighted by Crippen LogP contribution is -2.33. The number of esters is 1. The van der Waals surface area contributed by atoms with Crippen LogP contribution in [0.25, 0.3) is 0 Å². The van der Waals surface area contributed by atoms with Crippen LogP contribution in [0.3, 0.4) is 0 Å². The van der Waals surface area contributed by atoms with Crippen LogP contribution >= 0.6 is 0 Å². The fourth-order valence-electron chi connectivity index (χ4n) is 2.87. The van der Waals surface area contributed by atoms with Crippen molar-refractivity contribution in [3.63, 3.8) is 0 Å². The zero-order valence-electron chi connectivity index (χ0n) is 16.0. The minimum Gasteiger partial charge on any atom is -0.489 e. The Hall–Kier alpha value is -3.27. The van der Waals surface area contributed by atoms with Gasteiger partial charge in [0.2, 0.25) is 0 Å². The molecule has 28 heavy (non-hydrogen) atoms. The molecule has 0 radical (unpaired) electrons. The van der Waals surface area contributed by atoms with Crippen molar-refractivity contribution in [1.29, 1.82) is 0 Å². The number of rotatable bonds is 9. The Bertz CT molecular complexity index is 848. The van der Waals surface area contributed by atoms with Gasteiger partial charge in [-0.05, 0) is 42.3 Å². The van der Waals surface area contributed by atoms with Gasteiger partial charge in [0.25, 0.3) is 0 Å². The second kappa shape index (κ2) is 10.2. The van der Waals surface area contributed by atoms with E-state index in [2.05, 4.69) is 5.32 Å². The average molecular weight is 375 g/mol. The van der Waals surface area contributed by atoms with E-state index in [-0.39, 0.29) is 5.97 Å². The summed E-state index contributed by atoms with van der Waals surface area (Å²) in [5.74, 6) is 0.548. The van der Waals surface area contributed by atoms with Crippen molar-refractivity contribution in [1.82, 2.24) is 0 Å². The minimum absolute atomic E-state index is 0.254. The maximum absolute atomic E-state index is 12.4. The first-order valence-electron chi connectivity index (χ1n) is 9.48. The molecule has 3 aromatic carbocycles. The summed E-state index contributed by atoms with van der Waals surface area (Å²) in [4.78, 5) is 12.4. The number of nitrogens with one attached hydrogen (secondary N) is 1. The van der Waals surface area contributed by atoms with Gasteiger partial charge in [0.1, 0.15) is 18.4 Å². The standard InChI is InChI=1S/C24H25NO3/c1-2-27-24(26)23(25-21-11-7-4-8-12-21)17-19-13-15-22(16-14-19)28-18-20-9-5-3-6-10-20/h3-16,23,25H,2,17-18H2,1H3. The number of carbonyl (C=O) groups excluding carboxylic acids is 1. The number of hydrogen-bond acceptors (Lipinski definition) is 4. The van der Waals surface area contributed by atoms with Crippen LogP contribution in [0, 0.1) is 0 Å². The lowest BCUT2D eigenvalue weighted by molar-refractivity contribution is -0.144. The molecule has 0 spiro atoms. The van der Waals surface area contributed by atoms with Gasteiger partial charge in [0.05, 0.1) is 6.61 Å². The van der Waals surface area contributed by atoms with Crippen molar-refractivity contribution in [3.05, 3.63) is 96.1 Å². The molecule has 4 nitrogen and oxygen atoms in total. The summed E-state index contributed by atoms with van der Waals surface area (Å²) in [6.45, 7) is 2.70. The van der Waals surface area contributed by atoms with Gasteiger partial charge in [-0.3, -0.25) is 0 Å². The molecular formula is C24H25NO3. The molecule has 3 aromatic rings. The molecule has 0 aliphatic rings. The molecule has 0 aromatic heterocycles. The number of hydrogen-bond donors (Lipinski definition) is 1. The first-order valence-corrected chi connectivity index (χ1v) is 9.48. The second-order valence-electron chi connectivity index (χ2n) is 6.44. The summed E-state index contributed by atoms with van der Waals surface area (Å²) in [7, 11) is 0. The van der Waals surface area contributed by atoms with Gasteiger partial charge >= 0.3 is 5.97 Å². The fourth-order valence-corrected chi connectivity index (χ4v) is 2.87. The molecule has 0 fully saturated rings. The van der Waals surface area contributed by atoms with E-state index < -0.39 is 6.04 Å². The second-order valence-corrected chi connectivity index (χ2v) is 6.44. The maximum Gasteiger partial charge on any atom is 0.328 e. The van der Waals surface area contributed by atoms with Crippen LogP contribution in [0.2, 0.25) is 0 Å². The third-order valence-corrected chi connectivity index (χ3v) is 4.30. The van der Waals surface area contributed by atoms with Crippen LogP contribution in [0.15, 0.2) is 84.9 Å². The number of benzene rings is 3. The SMILES string of the molecule is CCOC(=O)C(Cc1ccc(OCc2ccccc2)cc1)Nc1ccccc1. The van der Waals surface area contributed by atoms with E-state index in [1.807, 2.05) is 91.9 Å². The fraction of sp³-hybridized carbons (Fsp3) is 0.208. The van der Waals surface area contributed by atoms with Crippen molar-refractivity contribution in [2.24, 2.45) is 0 Å². The van der Waals surface area contributed by atoms with E-state index in [1.54, 1.807) is 0 Å². The number of anilines is 1. The van der Waals surface area contributed by atoms with Crippen molar-refractivity contribution < 1.29 is 14.3 Å². The van der Waals surface area contributed by atoms with Crippen LogP contribution in [0.1, 0.15) is 18.1 Å². The van der Waals surface area contributed by atoms with Gasteiger partial charge in [-0.15, -0.1) is 0 Å². The van der Waals surface area contributed by atoms with Gasteiger partial charge in [0.15, 0.2) is 0 Å². The molecule has 1 atom stereocenters. The lowest BCUT2D eigenvalue weighted by atomic mass is 10.1. The van der Waals surface area contributed by atoms with Gasteiger partial charge < -0.3 is 14.8 Å². The summed E-state index contributed by atoms with van der Waals surface area (Å²) >= 11 is 0. The number of carbonyl (C=O) groups is 1. The van der Waals surface area contributed by atoms with Crippen LogP contribution in [-0.2, 0) is 22.6 Å². The van der Waals surface area contributed by atoms with E-state index >= 15 is 0 Å². The molecule has 0 bridgehead atoms.